The van der Waals surface area contributed by atoms with Gasteiger partial charge in [-0.3, -0.25) is 0 Å². The van der Waals surface area contributed by atoms with Crippen molar-refractivity contribution >= 4 is 0 Å². The number of nitrogens with zero attached hydrogens (tertiary/aromatic N) is 2. The molecule has 0 amide bonds. The van der Waals surface area contributed by atoms with E-state index in [2.05, 4.69) is 42.9 Å². The highest BCUT2D eigenvalue weighted by Gasteiger charge is 2.32. The fraction of sp³-hybridized carbons (Fsp3) is 1.00. The molecule has 21 heavy (non-hydrogen) atoms. The molecule has 1 saturated carbocycles. The summed E-state index contributed by atoms with van der Waals surface area (Å²) < 4.78 is 0. The number of likely N-dealkylation sites (N-methyl/N-ethyl adjacent to an activating group) is 1. The van der Waals surface area contributed by atoms with Gasteiger partial charge in [-0.2, -0.15) is 0 Å². The summed E-state index contributed by atoms with van der Waals surface area (Å²) in [6, 6.07) is 1.53. The quantitative estimate of drug-likeness (QED) is 0.813. The number of hydrogen-bond donors (Lipinski definition) is 1. The Labute approximate surface area is 132 Å². The summed E-state index contributed by atoms with van der Waals surface area (Å²) in [6.07, 6.45) is 6.92. The zero-order valence-corrected chi connectivity index (χ0v) is 14.8. The predicted octanol–water partition coefficient (Wildman–Crippen LogP) is 2.82. The first kappa shape index (κ1) is 17.2. The molecule has 1 saturated heterocycles. The summed E-state index contributed by atoms with van der Waals surface area (Å²) >= 11 is 0. The van der Waals surface area contributed by atoms with E-state index in [9.17, 15) is 0 Å². The Bertz CT molecular complexity index is 294. The van der Waals surface area contributed by atoms with Crippen molar-refractivity contribution < 1.29 is 0 Å². The Kier molecular flexibility index (Phi) is 6.97. The summed E-state index contributed by atoms with van der Waals surface area (Å²) in [7, 11) is 2.29. The van der Waals surface area contributed by atoms with Gasteiger partial charge in [-0.1, -0.05) is 27.2 Å². The van der Waals surface area contributed by atoms with E-state index in [1.807, 2.05) is 0 Å². The van der Waals surface area contributed by atoms with Crippen LogP contribution in [0.25, 0.3) is 0 Å². The molecule has 0 spiro atoms. The molecular formula is C18H37N3. The first-order valence-corrected chi connectivity index (χ1v) is 9.33. The van der Waals surface area contributed by atoms with E-state index in [0.717, 1.165) is 30.5 Å². The molecule has 4 unspecified atom stereocenters. The highest BCUT2D eigenvalue weighted by atomic mass is 15.3. The van der Waals surface area contributed by atoms with E-state index in [4.69, 9.17) is 0 Å². The Hall–Kier alpha value is -0.120. The third-order valence-corrected chi connectivity index (χ3v) is 5.96. The summed E-state index contributed by atoms with van der Waals surface area (Å²) in [5.74, 6) is 1.84. The third-order valence-electron chi connectivity index (χ3n) is 5.96. The second kappa shape index (κ2) is 8.50. The van der Waals surface area contributed by atoms with Crippen LogP contribution in [0.1, 0.15) is 52.9 Å². The van der Waals surface area contributed by atoms with E-state index in [0.29, 0.717) is 0 Å². The van der Waals surface area contributed by atoms with Crippen LogP contribution >= 0.6 is 0 Å². The first-order chi connectivity index (χ1) is 10.2. The maximum atomic E-state index is 3.77. The van der Waals surface area contributed by atoms with Gasteiger partial charge in [0, 0.05) is 38.3 Å². The molecule has 3 heteroatoms. The van der Waals surface area contributed by atoms with Crippen molar-refractivity contribution in [3.05, 3.63) is 0 Å². The van der Waals surface area contributed by atoms with E-state index in [1.54, 1.807) is 0 Å². The average Bonchev–Trinajstić information content (AvgIpc) is 2.51. The zero-order valence-electron chi connectivity index (χ0n) is 14.8. The van der Waals surface area contributed by atoms with E-state index in [-0.39, 0.29) is 0 Å². The second-order valence-corrected chi connectivity index (χ2v) is 7.31. The van der Waals surface area contributed by atoms with Gasteiger partial charge in [0.1, 0.15) is 0 Å². The molecule has 1 aliphatic carbocycles. The molecule has 0 bridgehead atoms. The van der Waals surface area contributed by atoms with Gasteiger partial charge in [0.2, 0.25) is 0 Å². The predicted molar refractivity (Wildman–Crippen MR) is 91.7 cm³/mol. The van der Waals surface area contributed by atoms with Gasteiger partial charge in [-0.25, -0.2) is 0 Å². The maximum absolute atomic E-state index is 3.77. The van der Waals surface area contributed by atoms with Gasteiger partial charge >= 0.3 is 0 Å². The van der Waals surface area contributed by atoms with Crippen LogP contribution in [-0.2, 0) is 0 Å². The van der Waals surface area contributed by atoms with Gasteiger partial charge in [-0.15, -0.1) is 0 Å². The van der Waals surface area contributed by atoms with Gasteiger partial charge < -0.3 is 15.1 Å². The molecule has 1 heterocycles. The molecule has 124 valence electrons. The first-order valence-electron chi connectivity index (χ1n) is 9.33. The fourth-order valence-electron chi connectivity index (χ4n) is 4.41. The molecule has 4 atom stereocenters. The lowest BCUT2D eigenvalue weighted by Crippen LogP contribution is -2.54. The van der Waals surface area contributed by atoms with Crippen molar-refractivity contribution in [1.82, 2.24) is 15.1 Å². The Morgan fingerprint density at radius 1 is 1.05 bits per heavy atom. The van der Waals surface area contributed by atoms with Crippen LogP contribution in [0.15, 0.2) is 0 Å². The van der Waals surface area contributed by atoms with E-state index < -0.39 is 0 Å². The molecule has 3 nitrogen and oxygen atoms in total. The third kappa shape index (κ3) is 4.67. The van der Waals surface area contributed by atoms with E-state index in [1.165, 1.54) is 58.3 Å². The van der Waals surface area contributed by atoms with Crippen LogP contribution in [0.4, 0.5) is 0 Å². The largest absolute Gasteiger partial charge is 0.314 e. The highest BCUT2D eigenvalue weighted by molar-refractivity contribution is 4.88. The van der Waals surface area contributed by atoms with Crippen LogP contribution in [0.2, 0.25) is 0 Å². The Morgan fingerprint density at radius 2 is 1.86 bits per heavy atom. The van der Waals surface area contributed by atoms with Crippen molar-refractivity contribution in [3.63, 3.8) is 0 Å². The number of piperazine rings is 1. The highest BCUT2D eigenvalue weighted by Crippen LogP contribution is 2.32. The van der Waals surface area contributed by atoms with E-state index >= 15 is 0 Å². The standard InChI is InChI=1S/C18H37N3/c1-5-15-8-9-18(19-7-3)16(12-15)13-21-11-10-20(4)17(6-2)14-21/h15-19H,5-14H2,1-4H3. The van der Waals surface area contributed by atoms with Crippen molar-refractivity contribution in [3.8, 4) is 0 Å². The molecule has 2 aliphatic rings. The lowest BCUT2D eigenvalue weighted by molar-refractivity contribution is 0.0624. The summed E-state index contributed by atoms with van der Waals surface area (Å²) in [4.78, 5) is 5.30. The van der Waals surface area contributed by atoms with Gasteiger partial charge in [0.15, 0.2) is 0 Å². The SMILES string of the molecule is CCNC1CCC(CC)CC1CN1CCN(C)C(CC)C1. The number of nitrogens with one attached hydrogen (secondary N) is 1. The zero-order chi connectivity index (χ0) is 15.2. The number of rotatable bonds is 6. The van der Waals surface area contributed by atoms with Gasteiger partial charge in [0.05, 0.1) is 0 Å². The Balaban J connectivity index is 1.91. The smallest absolute Gasteiger partial charge is 0.0218 e. The Morgan fingerprint density at radius 3 is 2.52 bits per heavy atom. The molecule has 2 fully saturated rings. The molecule has 0 aromatic carbocycles. The molecule has 1 aliphatic heterocycles. The van der Waals surface area contributed by atoms with Crippen molar-refractivity contribution in [2.75, 3.05) is 39.8 Å². The molecule has 0 radical (unpaired) electrons. The number of hydrogen-bond acceptors (Lipinski definition) is 3. The molecule has 0 aromatic rings. The minimum absolute atomic E-state index is 0.762. The monoisotopic (exact) mass is 295 g/mol. The summed E-state index contributed by atoms with van der Waals surface area (Å²) in [5.41, 5.74) is 0. The minimum atomic E-state index is 0.762. The molecule has 0 aromatic heterocycles. The normalized spacial score (nSPS) is 36.0. The van der Waals surface area contributed by atoms with Crippen LogP contribution < -0.4 is 5.32 Å². The molecule has 2 rings (SSSR count). The summed E-state index contributed by atoms with van der Waals surface area (Å²) in [5, 5.41) is 3.77. The summed E-state index contributed by atoms with van der Waals surface area (Å²) in [6.45, 7) is 13.2. The topological polar surface area (TPSA) is 18.5 Å². The molecular weight excluding hydrogens is 258 g/mol. The van der Waals surface area contributed by atoms with Crippen molar-refractivity contribution in [1.29, 1.82) is 0 Å². The maximum Gasteiger partial charge on any atom is 0.0218 e. The van der Waals surface area contributed by atoms with Crippen LogP contribution in [0, 0.1) is 11.8 Å². The van der Waals surface area contributed by atoms with Crippen molar-refractivity contribution in [2.45, 2.75) is 65.0 Å². The average molecular weight is 296 g/mol. The van der Waals surface area contributed by atoms with Gasteiger partial charge in [-0.05, 0) is 51.1 Å². The van der Waals surface area contributed by atoms with Crippen LogP contribution in [-0.4, -0.2) is 61.7 Å². The second-order valence-electron chi connectivity index (χ2n) is 7.31. The van der Waals surface area contributed by atoms with Gasteiger partial charge in [0.25, 0.3) is 0 Å². The minimum Gasteiger partial charge on any atom is -0.314 e. The van der Waals surface area contributed by atoms with Crippen LogP contribution in [0.5, 0.6) is 0 Å². The van der Waals surface area contributed by atoms with Crippen LogP contribution in [0.3, 0.4) is 0 Å². The fourth-order valence-corrected chi connectivity index (χ4v) is 4.41. The van der Waals surface area contributed by atoms with Crippen molar-refractivity contribution in [2.24, 2.45) is 11.8 Å². The lowest BCUT2D eigenvalue weighted by Gasteiger charge is -2.43. The lowest BCUT2D eigenvalue weighted by atomic mass is 9.76. The molecule has 1 N–H and O–H groups in total.